The molecule has 14 heavy (non-hydrogen) atoms. The Morgan fingerprint density at radius 1 is 1.79 bits per heavy atom. The zero-order valence-electron chi connectivity index (χ0n) is 7.42. The highest BCUT2D eigenvalue weighted by Crippen LogP contribution is 2.11. The molecule has 0 saturated carbocycles. The summed E-state index contributed by atoms with van der Waals surface area (Å²) in [6.45, 7) is 3.67. The standard InChI is InChI=1S/C7H8BrClN4O/c1-4(9)3-10-7(14)5-6(8)11-12-13(5)2/h1,3H2,2H3,(H,10,14). The zero-order chi connectivity index (χ0) is 10.7. The van der Waals surface area contributed by atoms with Gasteiger partial charge in [0.25, 0.3) is 5.91 Å². The molecular weight excluding hydrogens is 271 g/mol. The van der Waals surface area contributed by atoms with Crippen LogP contribution in [-0.4, -0.2) is 27.4 Å². The van der Waals surface area contributed by atoms with E-state index in [9.17, 15) is 4.79 Å². The Morgan fingerprint density at radius 3 is 2.86 bits per heavy atom. The molecule has 5 nitrogen and oxygen atoms in total. The van der Waals surface area contributed by atoms with Crippen LogP contribution in [-0.2, 0) is 7.05 Å². The van der Waals surface area contributed by atoms with E-state index in [0.717, 1.165) is 0 Å². The smallest absolute Gasteiger partial charge is 0.272 e. The van der Waals surface area contributed by atoms with Crippen LogP contribution in [0.25, 0.3) is 0 Å². The van der Waals surface area contributed by atoms with E-state index in [2.05, 4.69) is 38.1 Å². The van der Waals surface area contributed by atoms with Crippen LogP contribution in [0.2, 0.25) is 0 Å². The van der Waals surface area contributed by atoms with Gasteiger partial charge in [0.2, 0.25) is 0 Å². The molecule has 0 fully saturated rings. The molecule has 76 valence electrons. The van der Waals surface area contributed by atoms with E-state index in [-0.39, 0.29) is 12.5 Å². The van der Waals surface area contributed by atoms with Crippen LogP contribution in [0, 0.1) is 0 Å². The fraction of sp³-hybridized carbons (Fsp3) is 0.286. The SMILES string of the molecule is C=C(Cl)CNC(=O)c1c(Br)nnn1C. The molecule has 0 aliphatic heterocycles. The highest BCUT2D eigenvalue weighted by Gasteiger charge is 2.15. The monoisotopic (exact) mass is 278 g/mol. The van der Waals surface area contributed by atoms with Crippen LogP contribution in [0.15, 0.2) is 16.2 Å². The van der Waals surface area contributed by atoms with Crippen molar-refractivity contribution in [2.24, 2.45) is 7.05 Å². The van der Waals surface area contributed by atoms with Crippen LogP contribution in [0.1, 0.15) is 10.5 Å². The minimum absolute atomic E-state index is 0.220. The van der Waals surface area contributed by atoms with Gasteiger partial charge in [0.15, 0.2) is 10.3 Å². The molecule has 7 heteroatoms. The Kier molecular flexibility index (Phi) is 3.65. The number of nitrogens with zero attached hydrogens (tertiary/aromatic N) is 3. The van der Waals surface area contributed by atoms with Crippen LogP contribution < -0.4 is 5.32 Å². The van der Waals surface area contributed by atoms with Gasteiger partial charge >= 0.3 is 0 Å². The number of aromatic nitrogens is 3. The minimum atomic E-state index is -0.300. The van der Waals surface area contributed by atoms with E-state index in [0.29, 0.717) is 15.3 Å². The number of rotatable bonds is 3. The molecule has 1 heterocycles. The zero-order valence-corrected chi connectivity index (χ0v) is 9.76. The van der Waals surface area contributed by atoms with Gasteiger partial charge in [-0.05, 0) is 15.9 Å². The third-order valence-electron chi connectivity index (χ3n) is 1.44. The van der Waals surface area contributed by atoms with E-state index in [4.69, 9.17) is 11.6 Å². The van der Waals surface area contributed by atoms with Gasteiger partial charge in [0.05, 0.1) is 6.54 Å². The minimum Gasteiger partial charge on any atom is -0.346 e. The molecule has 1 aromatic rings. The first kappa shape index (κ1) is 11.2. The van der Waals surface area contributed by atoms with Gasteiger partial charge in [-0.1, -0.05) is 23.4 Å². The Morgan fingerprint density at radius 2 is 2.43 bits per heavy atom. The summed E-state index contributed by atoms with van der Waals surface area (Å²) in [6, 6.07) is 0. The summed E-state index contributed by atoms with van der Waals surface area (Å²) in [4.78, 5) is 11.5. The highest BCUT2D eigenvalue weighted by molar-refractivity contribution is 9.10. The first-order valence-corrected chi connectivity index (χ1v) is 4.86. The molecule has 1 N–H and O–H groups in total. The fourth-order valence-corrected chi connectivity index (χ4v) is 1.41. The maximum atomic E-state index is 11.5. The molecule has 0 aliphatic rings. The summed E-state index contributed by atoms with van der Waals surface area (Å²) in [5.41, 5.74) is 0.350. The molecule has 1 amide bonds. The Hall–Kier alpha value is -0.880. The first-order chi connectivity index (χ1) is 6.52. The van der Waals surface area contributed by atoms with Crippen molar-refractivity contribution in [1.29, 1.82) is 0 Å². The molecule has 0 radical (unpaired) electrons. The van der Waals surface area contributed by atoms with Crippen LogP contribution in [0.3, 0.4) is 0 Å². The van der Waals surface area contributed by atoms with Gasteiger partial charge < -0.3 is 5.32 Å². The van der Waals surface area contributed by atoms with Gasteiger partial charge in [0.1, 0.15) is 0 Å². The Labute approximate surface area is 94.2 Å². The molecule has 0 atom stereocenters. The van der Waals surface area contributed by atoms with Crippen molar-refractivity contribution >= 4 is 33.4 Å². The lowest BCUT2D eigenvalue weighted by Crippen LogP contribution is -2.26. The summed E-state index contributed by atoms with van der Waals surface area (Å²) in [5, 5.41) is 10.3. The number of halogens is 2. The number of aryl methyl sites for hydroxylation is 1. The Bertz CT molecular complexity index is 356. The van der Waals surface area contributed by atoms with Crippen molar-refractivity contribution in [2.75, 3.05) is 6.54 Å². The molecular formula is C7H8BrClN4O. The third kappa shape index (κ3) is 2.55. The lowest BCUT2D eigenvalue weighted by atomic mass is 10.4. The summed E-state index contributed by atoms with van der Waals surface area (Å²) in [5.74, 6) is -0.300. The quantitative estimate of drug-likeness (QED) is 0.900. The second-order valence-corrected chi connectivity index (χ2v) is 3.84. The number of amides is 1. The predicted octanol–water partition coefficient (Wildman–Crippen LogP) is 1.06. The molecule has 0 aromatic carbocycles. The molecule has 0 bridgehead atoms. The van der Waals surface area contributed by atoms with Gasteiger partial charge in [-0.25, -0.2) is 4.68 Å². The number of hydrogen-bond donors (Lipinski definition) is 1. The average molecular weight is 280 g/mol. The molecule has 0 saturated heterocycles. The lowest BCUT2D eigenvalue weighted by molar-refractivity contribution is 0.0947. The molecule has 1 aromatic heterocycles. The van der Waals surface area contributed by atoms with E-state index >= 15 is 0 Å². The summed E-state index contributed by atoms with van der Waals surface area (Å²) < 4.78 is 1.77. The van der Waals surface area contributed by atoms with Crippen molar-refractivity contribution in [2.45, 2.75) is 0 Å². The second kappa shape index (κ2) is 4.56. The molecule has 0 aliphatic carbocycles. The van der Waals surface area contributed by atoms with Gasteiger partial charge in [-0.2, -0.15) is 0 Å². The topological polar surface area (TPSA) is 59.8 Å². The van der Waals surface area contributed by atoms with E-state index in [1.54, 1.807) is 7.05 Å². The fourth-order valence-electron chi connectivity index (χ4n) is 0.832. The maximum absolute atomic E-state index is 11.5. The Balaban J connectivity index is 2.74. The lowest BCUT2D eigenvalue weighted by Gasteiger charge is -2.03. The molecule has 0 unspecified atom stereocenters. The van der Waals surface area contributed by atoms with E-state index < -0.39 is 0 Å². The summed E-state index contributed by atoms with van der Waals surface area (Å²) >= 11 is 8.62. The number of hydrogen-bond acceptors (Lipinski definition) is 3. The first-order valence-electron chi connectivity index (χ1n) is 3.69. The third-order valence-corrected chi connectivity index (χ3v) is 2.11. The van der Waals surface area contributed by atoms with Crippen LogP contribution in [0.4, 0.5) is 0 Å². The van der Waals surface area contributed by atoms with Gasteiger partial charge in [0, 0.05) is 12.1 Å². The van der Waals surface area contributed by atoms with Crippen molar-refractivity contribution < 1.29 is 4.79 Å². The van der Waals surface area contributed by atoms with Crippen molar-refractivity contribution in [1.82, 2.24) is 20.3 Å². The van der Waals surface area contributed by atoms with Crippen molar-refractivity contribution in [3.05, 3.63) is 21.9 Å². The summed E-state index contributed by atoms with van der Waals surface area (Å²) in [7, 11) is 1.63. The molecule has 1 rings (SSSR count). The van der Waals surface area contributed by atoms with Crippen LogP contribution in [0.5, 0.6) is 0 Å². The van der Waals surface area contributed by atoms with Crippen LogP contribution >= 0.6 is 27.5 Å². The maximum Gasteiger partial charge on any atom is 0.272 e. The van der Waals surface area contributed by atoms with E-state index in [1.807, 2.05) is 0 Å². The molecule has 0 spiro atoms. The number of carbonyl (C=O) groups is 1. The number of carbonyl (C=O) groups excluding carboxylic acids is 1. The van der Waals surface area contributed by atoms with Gasteiger partial charge in [-0.15, -0.1) is 5.10 Å². The number of nitrogens with one attached hydrogen (secondary N) is 1. The predicted molar refractivity (Wildman–Crippen MR) is 56.0 cm³/mol. The second-order valence-electron chi connectivity index (χ2n) is 2.55. The van der Waals surface area contributed by atoms with Crippen molar-refractivity contribution in [3.63, 3.8) is 0 Å². The van der Waals surface area contributed by atoms with Gasteiger partial charge in [-0.3, -0.25) is 4.79 Å². The average Bonchev–Trinajstić information content (AvgIpc) is 2.42. The van der Waals surface area contributed by atoms with Crippen molar-refractivity contribution in [3.8, 4) is 0 Å². The van der Waals surface area contributed by atoms with E-state index in [1.165, 1.54) is 4.68 Å². The normalized spacial score (nSPS) is 9.93. The summed E-state index contributed by atoms with van der Waals surface area (Å²) in [6.07, 6.45) is 0. The largest absolute Gasteiger partial charge is 0.346 e. The highest BCUT2D eigenvalue weighted by atomic mass is 79.9.